The van der Waals surface area contributed by atoms with Crippen LogP contribution in [0, 0.1) is 12.7 Å². The lowest BCUT2D eigenvalue weighted by Gasteiger charge is -2.36. The summed E-state index contributed by atoms with van der Waals surface area (Å²) >= 11 is 3.19. The van der Waals surface area contributed by atoms with Gasteiger partial charge in [-0.1, -0.05) is 28.1 Å². The van der Waals surface area contributed by atoms with E-state index < -0.39 is 5.82 Å². The normalized spacial score (nSPS) is 14.7. The Balaban J connectivity index is 1.29. The fourth-order valence-electron chi connectivity index (χ4n) is 3.37. The van der Waals surface area contributed by atoms with Gasteiger partial charge in [0, 0.05) is 42.9 Å². The molecule has 1 aliphatic rings. The molecule has 29 heavy (non-hydrogen) atoms. The van der Waals surface area contributed by atoms with Gasteiger partial charge in [-0.3, -0.25) is 9.69 Å². The SMILES string of the molecule is Cc1cccc(N2CCN(CCCNC(=O)COc3ccc(Br)cc3F)CC2)c1. The first-order valence-corrected chi connectivity index (χ1v) is 10.7. The number of hydrogen-bond acceptors (Lipinski definition) is 4. The summed E-state index contributed by atoms with van der Waals surface area (Å²) in [5, 5.41) is 2.83. The van der Waals surface area contributed by atoms with Crippen LogP contribution in [-0.4, -0.2) is 56.7 Å². The fraction of sp³-hybridized carbons (Fsp3) is 0.409. The number of hydrogen-bond donors (Lipinski definition) is 1. The summed E-state index contributed by atoms with van der Waals surface area (Å²) < 4.78 is 19.5. The molecule has 0 unspecified atom stereocenters. The lowest BCUT2D eigenvalue weighted by Crippen LogP contribution is -2.47. The van der Waals surface area contributed by atoms with Gasteiger partial charge in [-0.15, -0.1) is 0 Å². The van der Waals surface area contributed by atoms with Gasteiger partial charge in [-0.05, 0) is 55.8 Å². The first kappa shape index (κ1) is 21.6. The molecule has 0 aliphatic carbocycles. The van der Waals surface area contributed by atoms with Crippen LogP contribution in [0.15, 0.2) is 46.9 Å². The second kappa shape index (κ2) is 10.6. The van der Waals surface area contributed by atoms with Crippen molar-refractivity contribution in [2.45, 2.75) is 13.3 Å². The van der Waals surface area contributed by atoms with Gasteiger partial charge in [0.2, 0.25) is 0 Å². The predicted molar refractivity (Wildman–Crippen MR) is 117 cm³/mol. The highest BCUT2D eigenvalue weighted by Crippen LogP contribution is 2.21. The molecule has 0 radical (unpaired) electrons. The first-order chi connectivity index (χ1) is 14.0. The van der Waals surface area contributed by atoms with Crippen molar-refractivity contribution in [3.63, 3.8) is 0 Å². The highest BCUT2D eigenvalue weighted by atomic mass is 79.9. The van der Waals surface area contributed by atoms with Gasteiger partial charge in [0.15, 0.2) is 18.2 Å². The molecule has 0 spiro atoms. The Morgan fingerprint density at radius 3 is 2.69 bits per heavy atom. The molecule has 0 atom stereocenters. The first-order valence-electron chi connectivity index (χ1n) is 9.90. The summed E-state index contributed by atoms with van der Waals surface area (Å²) in [5.74, 6) is -0.650. The minimum atomic E-state index is -0.489. The minimum Gasteiger partial charge on any atom is -0.481 e. The number of anilines is 1. The Morgan fingerprint density at radius 1 is 1.17 bits per heavy atom. The Kier molecular flexibility index (Phi) is 7.89. The summed E-state index contributed by atoms with van der Waals surface area (Å²) in [5.41, 5.74) is 2.58. The summed E-state index contributed by atoms with van der Waals surface area (Å²) in [7, 11) is 0. The van der Waals surface area contributed by atoms with Crippen LogP contribution in [0.3, 0.4) is 0 Å². The van der Waals surface area contributed by atoms with Crippen LogP contribution in [-0.2, 0) is 4.79 Å². The van der Waals surface area contributed by atoms with Crippen molar-refractivity contribution in [1.82, 2.24) is 10.2 Å². The number of carbonyl (C=O) groups is 1. The van der Waals surface area contributed by atoms with Crippen LogP contribution >= 0.6 is 15.9 Å². The van der Waals surface area contributed by atoms with Crippen molar-refractivity contribution in [3.05, 3.63) is 58.3 Å². The molecule has 3 rings (SSSR count). The van der Waals surface area contributed by atoms with Crippen LogP contribution in [0.4, 0.5) is 10.1 Å². The Hall–Kier alpha value is -2.12. The van der Waals surface area contributed by atoms with Gasteiger partial charge < -0.3 is 15.0 Å². The number of ether oxygens (including phenoxy) is 1. The van der Waals surface area contributed by atoms with Crippen LogP contribution in [0.25, 0.3) is 0 Å². The van der Waals surface area contributed by atoms with E-state index >= 15 is 0 Å². The molecule has 156 valence electrons. The van der Waals surface area contributed by atoms with E-state index in [1.54, 1.807) is 6.07 Å². The molecule has 0 aromatic heterocycles. The average molecular weight is 464 g/mol. The van der Waals surface area contributed by atoms with Gasteiger partial charge in [-0.2, -0.15) is 0 Å². The Labute approximate surface area is 180 Å². The molecule has 2 aromatic rings. The number of halogens is 2. The second-order valence-electron chi connectivity index (χ2n) is 7.23. The molecular weight excluding hydrogens is 437 g/mol. The van der Waals surface area contributed by atoms with Gasteiger partial charge in [0.1, 0.15) is 0 Å². The molecule has 0 saturated carbocycles. The largest absolute Gasteiger partial charge is 0.481 e. The molecular formula is C22H27BrFN3O2. The van der Waals surface area contributed by atoms with Crippen molar-refractivity contribution in [1.29, 1.82) is 0 Å². The average Bonchev–Trinajstić information content (AvgIpc) is 2.71. The van der Waals surface area contributed by atoms with Gasteiger partial charge in [0.05, 0.1) is 0 Å². The Morgan fingerprint density at radius 2 is 1.97 bits per heavy atom. The van der Waals surface area contributed by atoms with Crippen molar-refractivity contribution < 1.29 is 13.9 Å². The van der Waals surface area contributed by atoms with Gasteiger partial charge in [-0.25, -0.2) is 4.39 Å². The molecule has 1 amide bonds. The van der Waals surface area contributed by atoms with Crippen LogP contribution in [0.5, 0.6) is 5.75 Å². The van der Waals surface area contributed by atoms with Gasteiger partial charge in [0.25, 0.3) is 5.91 Å². The van der Waals surface area contributed by atoms with E-state index in [0.29, 0.717) is 11.0 Å². The van der Waals surface area contributed by atoms with E-state index in [-0.39, 0.29) is 18.3 Å². The topological polar surface area (TPSA) is 44.8 Å². The second-order valence-corrected chi connectivity index (χ2v) is 8.15. The smallest absolute Gasteiger partial charge is 0.257 e. The zero-order valence-electron chi connectivity index (χ0n) is 16.7. The maximum atomic E-state index is 13.7. The maximum Gasteiger partial charge on any atom is 0.257 e. The number of nitrogens with one attached hydrogen (secondary N) is 1. The molecule has 1 saturated heterocycles. The molecule has 1 aliphatic heterocycles. The minimum absolute atomic E-state index is 0.0785. The molecule has 1 N–H and O–H groups in total. The number of aryl methyl sites for hydroxylation is 1. The molecule has 5 nitrogen and oxygen atoms in total. The third kappa shape index (κ3) is 6.72. The molecule has 1 heterocycles. The van der Waals surface area contributed by atoms with Gasteiger partial charge >= 0.3 is 0 Å². The lowest BCUT2D eigenvalue weighted by molar-refractivity contribution is -0.123. The summed E-state index contributed by atoms with van der Waals surface area (Å²) in [6, 6.07) is 13.1. The highest BCUT2D eigenvalue weighted by Gasteiger charge is 2.17. The van der Waals surface area contributed by atoms with Crippen molar-refractivity contribution in [2.75, 3.05) is 50.8 Å². The maximum absolute atomic E-state index is 13.7. The number of piperazine rings is 1. The van der Waals surface area contributed by atoms with Crippen molar-refractivity contribution in [2.24, 2.45) is 0 Å². The van der Waals surface area contributed by atoms with E-state index in [1.807, 2.05) is 0 Å². The monoisotopic (exact) mass is 463 g/mol. The van der Waals surface area contributed by atoms with E-state index in [4.69, 9.17) is 4.74 Å². The fourth-order valence-corrected chi connectivity index (χ4v) is 3.70. The number of rotatable bonds is 8. The molecule has 0 bridgehead atoms. The van der Waals surface area contributed by atoms with Crippen molar-refractivity contribution >= 4 is 27.5 Å². The van der Waals surface area contributed by atoms with E-state index in [1.165, 1.54) is 23.4 Å². The van der Waals surface area contributed by atoms with Crippen LogP contribution in [0.1, 0.15) is 12.0 Å². The predicted octanol–water partition coefficient (Wildman–Crippen LogP) is 3.60. The lowest BCUT2D eigenvalue weighted by atomic mass is 10.2. The third-order valence-corrected chi connectivity index (χ3v) is 5.46. The summed E-state index contributed by atoms with van der Waals surface area (Å²) in [6.07, 6.45) is 0.878. The number of carbonyl (C=O) groups excluding carboxylic acids is 1. The van der Waals surface area contributed by atoms with Crippen LogP contribution < -0.4 is 15.0 Å². The van der Waals surface area contributed by atoms with E-state index in [9.17, 15) is 9.18 Å². The zero-order chi connectivity index (χ0) is 20.6. The summed E-state index contributed by atoms with van der Waals surface area (Å²) in [4.78, 5) is 16.7. The molecule has 2 aromatic carbocycles. The Bertz CT molecular complexity index is 825. The zero-order valence-corrected chi connectivity index (χ0v) is 18.3. The number of benzene rings is 2. The van der Waals surface area contributed by atoms with E-state index in [2.05, 4.69) is 62.2 Å². The molecule has 1 fully saturated rings. The molecule has 7 heteroatoms. The van der Waals surface area contributed by atoms with E-state index in [0.717, 1.165) is 39.1 Å². The highest BCUT2D eigenvalue weighted by molar-refractivity contribution is 9.10. The standard InChI is InChI=1S/C22H27BrFN3O2/c1-17-4-2-5-19(14-17)27-12-10-26(11-13-27)9-3-8-25-22(28)16-29-21-7-6-18(23)15-20(21)24/h2,4-7,14-15H,3,8-13,16H2,1H3,(H,25,28). The number of amides is 1. The third-order valence-electron chi connectivity index (χ3n) is 4.97. The quantitative estimate of drug-likeness (QED) is 0.607. The van der Waals surface area contributed by atoms with Crippen molar-refractivity contribution in [3.8, 4) is 5.75 Å². The summed E-state index contributed by atoms with van der Waals surface area (Å²) in [6.45, 7) is 7.54. The number of nitrogens with zero attached hydrogens (tertiary/aromatic N) is 2. The van der Waals surface area contributed by atoms with Crippen LogP contribution in [0.2, 0.25) is 0 Å².